The number of hydrogen-bond acceptors (Lipinski definition) is 6. The van der Waals surface area contributed by atoms with E-state index in [4.69, 9.17) is 0 Å². The molecule has 2 aliphatic heterocycles. The lowest BCUT2D eigenvalue weighted by atomic mass is 9.93. The molecule has 0 aromatic carbocycles. The van der Waals surface area contributed by atoms with Gasteiger partial charge < -0.3 is 5.32 Å². The number of imide groups is 1. The third kappa shape index (κ3) is 4.99. The van der Waals surface area contributed by atoms with Crippen molar-refractivity contribution in [3.05, 3.63) is 29.6 Å². The van der Waals surface area contributed by atoms with Crippen molar-refractivity contribution in [2.24, 2.45) is 0 Å². The fourth-order valence-corrected chi connectivity index (χ4v) is 8.49. The second-order valence-electron chi connectivity index (χ2n) is 7.54. The maximum Gasteiger partial charge on any atom is 0.324 e. The van der Waals surface area contributed by atoms with Crippen molar-refractivity contribution < 1.29 is 9.59 Å². The highest BCUT2D eigenvalue weighted by molar-refractivity contribution is 8.33. The molecule has 0 radical (unpaired) electrons. The van der Waals surface area contributed by atoms with Gasteiger partial charge in [0, 0.05) is 12.1 Å². The topological polar surface area (TPSA) is 49.4 Å². The van der Waals surface area contributed by atoms with E-state index in [9.17, 15) is 9.59 Å². The molecule has 0 atom stereocenters. The van der Waals surface area contributed by atoms with E-state index in [2.05, 4.69) is 16.1 Å². The highest BCUT2D eigenvalue weighted by Crippen LogP contribution is 2.53. The Labute approximate surface area is 184 Å². The molecule has 2 aliphatic carbocycles. The molecule has 152 valence electrons. The van der Waals surface area contributed by atoms with Crippen molar-refractivity contribution >= 4 is 59.0 Å². The Bertz CT molecular complexity index is 697. The van der Waals surface area contributed by atoms with E-state index in [1.54, 1.807) is 40.2 Å². The standard InChI is InChI=1S/C20H26N2O2S4/c23-17(16-13-27-19(28-16)18-25-11-12-26-18)22(15-9-5-2-6-10-15)20(24)21-14-7-3-1-4-8-14/h11-15H,1-10H2,(H,21,24). The normalized spacial score (nSPS) is 23.8. The van der Waals surface area contributed by atoms with Crippen molar-refractivity contribution in [2.45, 2.75) is 76.3 Å². The molecule has 0 aromatic heterocycles. The Morgan fingerprint density at radius 2 is 1.50 bits per heavy atom. The van der Waals surface area contributed by atoms with Gasteiger partial charge in [-0.2, -0.15) is 0 Å². The minimum atomic E-state index is -0.178. The highest BCUT2D eigenvalue weighted by atomic mass is 32.2. The summed E-state index contributed by atoms with van der Waals surface area (Å²) in [5.41, 5.74) is 0. The molecule has 0 bridgehead atoms. The van der Waals surface area contributed by atoms with Gasteiger partial charge in [0.05, 0.1) is 13.4 Å². The molecule has 4 aliphatic rings. The van der Waals surface area contributed by atoms with Crippen LogP contribution in [0.4, 0.5) is 4.79 Å². The van der Waals surface area contributed by atoms with Crippen molar-refractivity contribution in [3.8, 4) is 0 Å². The molecule has 4 rings (SSSR count). The summed E-state index contributed by atoms with van der Waals surface area (Å²) in [6, 6.07) is 0.0717. The lowest BCUT2D eigenvalue weighted by Gasteiger charge is -2.34. The van der Waals surface area contributed by atoms with E-state index in [1.807, 2.05) is 5.41 Å². The van der Waals surface area contributed by atoms with Crippen LogP contribution >= 0.6 is 47.0 Å². The van der Waals surface area contributed by atoms with Gasteiger partial charge in [-0.25, -0.2) is 4.79 Å². The molecule has 2 heterocycles. The Morgan fingerprint density at radius 1 is 0.857 bits per heavy atom. The number of nitrogens with zero attached hydrogens (tertiary/aromatic N) is 1. The molecule has 8 heteroatoms. The summed E-state index contributed by atoms with van der Waals surface area (Å²) in [6.07, 6.45) is 10.9. The molecule has 3 amide bonds. The van der Waals surface area contributed by atoms with Gasteiger partial charge in [0.15, 0.2) is 0 Å². The first kappa shape index (κ1) is 20.8. The largest absolute Gasteiger partial charge is 0.335 e. The van der Waals surface area contributed by atoms with E-state index in [0.717, 1.165) is 42.8 Å². The van der Waals surface area contributed by atoms with E-state index in [-0.39, 0.29) is 24.0 Å². The van der Waals surface area contributed by atoms with Gasteiger partial charge >= 0.3 is 6.03 Å². The van der Waals surface area contributed by atoms with Crippen LogP contribution < -0.4 is 5.32 Å². The van der Waals surface area contributed by atoms with E-state index >= 15 is 0 Å². The summed E-state index contributed by atoms with van der Waals surface area (Å²) in [5, 5.41) is 9.25. The molecule has 2 saturated carbocycles. The van der Waals surface area contributed by atoms with Gasteiger partial charge in [0.25, 0.3) is 5.91 Å². The number of rotatable bonds is 3. The lowest BCUT2D eigenvalue weighted by Crippen LogP contribution is -2.53. The minimum absolute atomic E-state index is 0.0324. The number of hydrogen-bond donors (Lipinski definition) is 1. The number of urea groups is 1. The number of amides is 3. The number of thioether (sulfide) groups is 4. The van der Waals surface area contributed by atoms with Crippen molar-refractivity contribution in [2.75, 3.05) is 0 Å². The van der Waals surface area contributed by atoms with Crippen molar-refractivity contribution in [1.82, 2.24) is 10.2 Å². The molecular formula is C20H26N2O2S4. The highest BCUT2D eigenvalue weighted by Gasteiger charge is 2.36. The van der Waals surface area contributed by atoms with E-state index in [1.165, 1.54) is 41.7 Å². The van der Waals surface area contributed by atoms with Crippen LogP contribution in [-0.2, 0) is 4.79 Å². The van der Waals surface area contributed by atoms with Crippen LogP contribution in [0.2, 0.25) is 0 Å². The van der Waals surface area contributed by atoms with Crippen molar-refractivity contribution in [1.29, 1.82) is 0 Å². The molecule has 1 N–H and O–H groups in total. The summed E-state index contributed by atoms with van der Waals surface area (Å²) in [7, 11) is 0. The van der Waals surface area contributed by atoms with Gasteiger partial charge in [-0.05, 0) is 41.9 Å². The predicted molar refractivity (Wildman–Crippen MR) is 124 cm³/mol. The molecule has 0 aromatic rings. The Morgan fingerprint density at radius 3 is 2.18 bits per heavy atom. The lowest BCUT2D eigenvalue weighted by molar-refractivity contribution is -0.125. The fraction of sp³-hybridized carbons (Fsp3) is 0.600. The first-order valence-corrected chi connectivity index (χ1v) is 13.6. The fourth-order valence-electron chi connectivity index (χ4n) is 4.11. The third-order valence-corrected chi connectivity index (χ3v) is 10.6. The summed E-state index contributed by atoms with van der Waals surface area (Å²) >= 11 is 6.53. The SMILES string of the molecule is O=C(NC1CCCCC1)N(C(=O)C1=CSC(=C2SC=CS2)S1)C1CCCCC1. The van der Waals surface area contributed by atoms with Crippen LogP contribution in [0, 0.1) is 0 Å². The summed E-state index contributed by atoms with van der Waals surface area (Å²) in [6.45, 7) is 0. The zero-order valence-electron chi connectivity index (χ0n) is 15.9. The minimum Gasteiger partial charge on any atom is -0.335 e. The molecule has 0 unspecified atom stereocenters. The van der Waals surface area contributed by atoms with Gasteiger partial charge in [-0.3, -0.25) is 9.69 Å². The summed E-state index contributed by atoms with van der Waals surface area (Å²) < 4.78 is 2.38. The molecule has 28 heavy (non-hydrogen) atoms. The molecule has 0 saturated heterocycles. The van der Waals surface area contributed by atoms with Gasteiger partial charge in [0.2, 0.25) is 0 Å². The number of nitrogens with one attached hydrogen (secondary N) is 1. The van der Waals surface area contributed by atoms with Crippen LogP contribution in [0.15, 0.2) is 29.6 Å². The first-order valence-electron chi connectivity index (χ1n) is 10.1. The van der Waals surface area contributed by atoms with Crippen molar-refractivity contribution in [3.63, 3.8) is 0 Å². The Hall–Kier alpha value is -0.440. The molecule has 0 spiro atoms. The quantitative estimate of drug-likeness (QED) is 0.519. The summed E-state index contributed by atoms with van der Waals surface area (Å²) in [4.78, 5) is 28.8. The van der Waals surface area contributed by atoms with Gasteiger partial charge in [-0.1, -0.05) is 85.6 Å². The number of carbonyl (C=O) groups excluding carboxylic acids is 2. The van der Waals surface area contributed by atoms with Crippen LogP contribution in [-0.4, -0.2) is 28.9 Å². The molecule has 4 nitrogen and oxygen atoms in total. The average Bonchev–Trinajstić information content (AvgIpc) is 3.41. The van der Waals surface area contributed by atoms with Gasteiger partial charge in [0.1, 0.15) is 0 Å². The monoisotopic (exact) mass is 454 g/mol. The zero-order valence-corrected chi connectivity index (χ0v) is 19.1. The molecular weight excluding hydrogens is 429 g/mol. The second kappa shape index (κ2) is 10.0. The zero-order chi connectivity index (χ0) is 19.3. The van der Waals surface area contributed by atoms with Crippen LogP contribution in [0.5, 0.6) is 0 Å². The molecule has 2 fully saturated rings. The maximum absolute atomic E-state index is 13.4. The smallest absolute Gasteiger partial charge is 0.324 e. The second-order valence-corrected chi connectivity index (χ2v) is 11.8. The van der Waals surface area contributed by atoms with Crippen LogP contribution in [0.1, 0.15) is 64.2 Å². The number of carbonyl (C=O) groups is 2. The summed E-state index contributed by atoms with van der Waals surface area (Å²) in [5.74, 6) is -0.116. The van der Waals surface area contributed by atoms with Gasteiger partial charge in [-0.15, -0.1) is 0 Å². The van der Waals surface area contributed by atoms with Crippen LogP contribution in [0.25, 0.3) is 0 Å². The maximum atomic E-state index is 13.4. The predicted octanol–water partition coefficient (Wildman–Crippen LogP) is 6.59. The van der Waals surface area contributed by atoms with E-state index < -0.39 is 0 Å². The third-order valence-electron chi connectivity index (χ3n) is 5.57. The van der Waals surface area contributed by atoms with Crippen LogP contribution in [0.3, 0.4) is 0 Å². The average molecular weight is 455 g/mol. The Kier molecular flexibility index (Phi) is 7.47. The van der Waals surface area contributed by atoms with E-state index in [0.29, 0.717) is 4.91 Å². The first-order chi connectivity index (χ1) is 13.7. The Balaban J connectivity index is 1.47.